The second kappa shape index (κ2) is 6.48. The second-order valence-electron chi connectivity index (χ2n) is 6.22. The number of aliphatic carboxylic acids is 1. The van der Waals surface area contributed by atoms with Crippen LogP contribution in [0.5, 0.6) is 0 Å². The lowest BCUT2D eigenvalue weighted by Gasteiger charge is -2.31. The van der Waals surface area contributed by atoms with Gasteiger partial charge in [0.25, 0.3) is 0 Å². The van der Waals surface area contributed by atoms with Gasteiger partial charge in [0.1, 0.15) is 5.54 Å². The van der Waals surface area contributed by atoms with Crippen molar-refractivity contribution < 1.29 is 9.90 Å². The Hall–Kier alpha value is -1.55. The summed E-state index contributed by atoms with van der Waals surface area (Å²) in [6.45, 7) is 7.59. The number of aryl methyl sites for hydroxylation is 1. The number of carboxylic acid groups (broad SMARTS) is 1. The molecule has 1 unspecified atom stereocenters. The molecule has 2 rings (SSSR count). The van der Waals surface area contributed by atoms with E-state index in [-0.39, 0.29) is 0 Å². The van der Waals surface area contributed by atoms with E-state index in [1.54, 1.807) is 6.92 Å². The van der Waals surface area contributed by atoms with Crippen LogP contribution >= 0.6 is 0 Å². The van der Waals surface area contributed by atoms with Gasteiger partial charge in [-0.2, -0.15) is 0 Å². The number of benzene rings is 1. The van der Waals surface area contributed by atoms with Crippen molar-refractivity contribution in [2.24, 2.45) is 0 Å². The first-order valence-electron chi connectivity index (χ1n) is 7.77. The van der Waals surface area contributed by atoms with E-state index in [2.05, 4.69) is 48.3 Å². The van der Waals surface area contributed by atoms with Gasteiger partial charge in [-0.15, -0.1) is 0 Å². The number of carboxylic acids is 1. The zero-order valence-corrected chi connectivity index (χ0v) is 13.2. The molecule has 2 N–H and O–H groups in total. The molecule has 21 heavy (non-hydrogen) atoms. The SMILES string of the molecule is CCN(CCC(C)(NC1CC1)C(=O)O)c1ccc(C)cc1. The molecule has 1 fully saturated rings. The summed E-state index contributed by atoms with van der Waals surface area (Å²) in [4.78, 5) is 13.8. The molecule has 1 saturated carbocycles. The highest BCUT2D eigenvalue weighted by Gasteiger charge is 2.38. The predicted octanol–water partition coefficient (Wildman–Crippen LogP) is 2.81. The van der Waals surface area contributed by atoms with Gasteiger partial charge in [-0.05, 0) is 52.2 Å². The van der Waals surface area contributed by atoms with Gasteiger partial charge in [0.15, 0.2) is 0 Å². The molecule has 1 aliphatic rings. The zero-order valence-electron chi connectivity index (χ0n) is 13.2. The van der Waals surface area contributed by atoms with Gasteiger partial charge in [-0.3, -0.25) is 10.1 Å². The fraction of sp³-hybridized carbons (Fsp3) is 0.588. The maximum absolute atomic E-state index is 11.6. The summed E-state index contributed by atoms with van der Waals surface area (Å²) in [5, 5.41) is 12.8. The van der Waals surface area contributed by atoms with E-state index in [0.29, 0.717) is 12.5 Å². The van der Waals surface area contributed by atoms with Gasteiger partial charge in [0.05, 0.1) is 0 Å². The normalized spacial score (nSPS) is 17.3. The van der Waals surface area contributed by atoms with Crippen molar-refractivity contribution in [2.45, 2.75) is 51.6 Å². The Kier molecular flexibility index (Phi) is 4.88. The summed E-state index contributed by atoms with van der Waals surface area (Å²) in [5.74, 6) is -0.755. The molecule has 1 aliphatic carbocycles. The number of nitrogens with one attached hydrogen (secondary N) is 1. The molecule has 0 aromatic heterocycles. The largest absolute Gasteiger partial charge is 0.480 e. The topological polar surface area (TPSA) is 52.6 Å². The minimum atomic E-state index is -0.834. The zero-order chi connectivity index (χ0) is 15.5. The number of hydrogen-bond acceptors (Lipinski definition) is 3. The van der Waals surface area contributed by atoms with E-state index in [0.717, 1.165) is 31.6 Å². The molecule has 0 heterocycles. The van der Waals surface area contributed by atoms with Gasteiger partial charge >= 0.3 is 5.97 Å². The molecule has 0 amide bonds. The van der Waals surface area contributed by atoms with Gasteiger partial charge in [-0.25, -0.2) is 0 Å². The van der Waals surface area contributed by atoms with Crippen molar-refractivity contribution in [3.8, 4) is 0 Å². The molecule has 4 heteroatoms. The quantitative estimate of drug-likeness (QED) is 0.773. The molecule has 4 nitrogen and oxygen atoms in total. The van der Waals surface area contributed by atoms with Crippen molar-refractivity contribution in [3.63, 3.8) is 0 Å². The van der Waals surface area contributed by atoms with Crippen LogP contribution in [0.4, 0.5) is 5.69 Å². The summed E-state index contributed by atoms with van der Waals surface area (Å²) in [6.07, 6.45) is 2.79. The molecule has 0 radical (unpaired) electrons. The Morgan fingerprint density at radius 2 is 2.00 bits per heavy atom. The predicted molar refractivity (Wildman–Crippen MR) is 85.9 cm³/mol. The Morgan fingerprint density at radius 3 is 2.48 bits per heavy atom. The van der Waals surface area contributed by atoms with Crippen LogP contribution < -0.4 is 10.2 Å². The van der Waals surface area contributed by atoms with Crippen molar-refractivity contribution in [3.05, 3.63) is 29.8 Å². The third-order valence-electron chi connectivity index (χ3n) is 4.23. The van der Waals surface area contributed by atoms with E-state index in [1.807, 2.05) is 0 Å². The summed E-state index contributed by atoms with van der Waals surface area (Å²) >= 11 is 0. The highest BCUT2D eigenvalue weighted by Crippen LogP contribution is 2.25. The van der Waals surface area contributed by atoms with Crippen molar-refractivity contribution in [1.82, 2.24) is 5.32 Å². The molecule has 1 atom stereocenters. The minimum absolute atomic E-state index is 0.389. The van der Waals surface area contributed by atoms with E-state index < -0.39 is 11.5 Å². The average Bonchev–Trinajstić information content (AvgIpc) is 3.25. The third-order valence-corrected chi connectivity index (χ3v) is 4.23. The molecular weight excluding hydrogens is 264 g/mol. The summed E-state index contributed by atoms with van der Waals surface area (Å²) in [5.41, 5.74) is 1.56. The van der Waals surface area contributed by atoms with Crippen LogP contribution in [0.15, 0.2) is 24.3 Å². The maximum Gasteiger partial charge on any atom is 0.323 e. The van der Waals surface area contributed by atoms with Crippen LogP contribution in [0.3, 0.4) is 0 Å². The molecule has 0 saturated heterocycles. The van der Waals surface area contributed by atoms with Crippen molar-refractivity contribution >= 4 is 11.7 Å². The first-order chi connectivity index (χ1) is 9.94. The average molecular weight is 290 g/mol. The Bertz CT molecular complexity index is 482. The Morgan fingerprint density at radius 1 is 1.38 bits per heavy atom. The smallest absolute Gasteiger partial charge is 0.323 e. The minimum Gasteiger partial charge on any atom is -0.480 e. The fourth-order valence-corrected chi connectivity index (χ4v) is 2.50. The van der Waals surface area contributed by atoms with Gasteiger partial charge in [0.2, 0.25) is 0 Å². The van der Waals surface area contributed by atoms with E-state index >= 15 is 0 Å². The van der Waals surface area contributed by atoms with E-state index in [4.69, 9.17) is 0 Å². The van der Waals surface area contributed by atoms with Crippen molar-refractivity contribution in [2.75, 3.05) is 18.0 Å². The molecule has 1 aromatic rings. The molecule has 116 valence electrons. The second-order valence-corrected chi connectivity index (χ2v) is 6.22. The maximum atomic E-state index is 11.6. The highest BCUT2D eigenvalue weighted by molar-refractivity contribution is 5.78. The van der Waals surface area contributed by atoms with Crippen LogP contribution in [-0.4, -0.2) is 35.7 Å². The van der Waals surface area contributed by atoms with Gasteiger partial charge in [0, 0.05) is 24.8 Å². The van der Waals surface area contributed by atoms with Crippen LogP contribution in [0.25, 0.3) is 0 Å². The first kappa shape index (κ1) is 15.8. The lowest BCUT2D eigenvalue weighted by Crippen LogP contribution is -2.52. The van der Waals surface area contributed by atoms with E-state index in [1.165, 1.54) is 5.56 Å². The molecule has 0 spiro atoms. The lowest BCUT2D eigenvalue weighted by molar-refractivity contribution is -0.144. The Labute approximate surface area is 127 Å². The summed E-state index contributed by atoms with van der Waals surface area (Å²) in [7, 11) is 0. The first-order valence-corrected chi connectivity index (χ1v) is 7.77. The van der Waals surface area contributed by atoms with Crippen molar-refractivity contribution in [1.29, 1.82) is 0 Å². The van der Waals surface area contributed by atoms with Crippen LogP contribution in [0.2, 0.25) is 0 Å². The number of anilines is 1. The summed E-state index contributed by atoms with van der Waals surface area (Å²) < 4.78 is 0. The highest BCUT2D eigenvalue weighted by atomic mass is 16.4. The fourth-order valence-electron chi connectivity index (χ4n) is 2.50. The van der Waals surface area contributed by atoms with E-state index in [9.17, 15) is 9.90 Å². The third kappa shape index (κ3) is 4.21. The Balaban J connectivity index is 2.00. The summed E-state index contributed by atoms with van der Waals surface area (Å²) in [6, 6.07) is 8.78. The van der Waals surface area contributed by atoms with Gasteiger partial charge in [-0.1, -0.05) is 17.7 Å². The van der Waals surface area contributed by atoms with Gasteiger partial charge < -0.3 is 10.0 Å². The number of carbonyl (C=O) groups is 1. The molecule has 0 aliphatic heterocycles. The lowest BCUT2D eigenvalue weighted by atomic mass is 9.97. The molecular formula is C17H26N2O2. The monoisotopic (exact) mass is 290 g/mol. The number of hydrogen-bond donors (Lipinski definition) is 2. The molecule has 1 aromatic carbocycles. The molecule has 0 bridgehead atoms. The number of nitrogens with zero attached hydrogens (tertiary/aromatic N) is 1. The standard InChI is InChI=1S/C17H26N2O2/c1-4-19(15-9-5-13(2)6-10-15)12-11-17(3,16(20)21)18-14-7-8-14/h5-6,9-10,14,18H,4,7-8,11-12H2,1-3H3,(H,20,21). The van der Waals surface area contributed by atoms with Crippen LogP contribution in [0.1, 0.15) is 38.7 Å². The number of rotatable bonds is 8. The van der Waals surface area contributed by atoms with Crippen LogP contribution in [0, 0.1) is 6.92 Å². The van der Waals surface area contributed by atoms with Crippen LogP contribution in [-0.2, 0) is 4.79 Å².